The Hall–Kier alpha value is -2.95. The molecule has 2 aromatic carbocycles. The second-order valence-corrected chi connectivity index (χ2v) is 8.82. The molecule has 0 atom stereocenters. The van der Waals surface area contributed by atoms with Crippen molar-refractivity contribution in [3.05, 3.63) is 64.9 Å². The third kappa shape index (κ3) is 5.04. The Morgan fingerprint density at radius 1 is 1.13 bits per heavy atom. The van der Waals surface area contributed by atoms with E-state index in [2.05, 4.69) is 25.8 Å². The number of nitrogens with one attached hydrogen (secondary N) is 2. The minimum Gasteiger partial charge on any atom is -0.345 e. The van der Waals surface area contributed by atoms with Crippen molar-refractivity contribution in [1.82, 2.24) is 25.1 Å². The highest BCUT2D eigenvalue weighted by Crippen LogP contribution is 2.25. The van der Waals surface area contributed by atoms with Crippen LogP contribution in [0, 0.1) is 0 Å². The SMILES string of the molecule is Cn1c(CNC(=O)c2ccccc2Cl)nnc1SCC(=O)Nc1nc2ccccc2s1. The van der Waals surface area contributed by atoms with Gasteiger partial charge in [-0.05, 0) is 24.3 Å². The largest absolute Gasteiger partial charge is 0.345 e. The van der Waals surface area contributed by atoms with Crippen molar-refractivity contribution in [3.63, 3.8) is 0 Å². The third-order valence-corrected chi connectivity index (χ3v) is 6.62. The summed E-state index contributed by atoms with van der Waals surface area (Å²) in [6, 6.07) is 14.5. The van der Waals surface area contributed by atoms with Gasteiger partial charge >= 0.3 is 0 Å². The zero-order chi connectivity index (χ0) is 21.8. The van der Waals surface area contributed by atoms with Crippen molar-refractivity contribution < 1.29 is 9.59 Å². The third-order valence-electron chi connectivity index (χ3n) is 4.32. The second-order valence-electron chi connectivity index (χ2n) is 6.44. The number of hydrogen-bond donors (Lipinski definition) is 2. The molecule has 0 radical (unpaired) electrons. The number of nitrogens with zero attached hydrogens (tertiary/aromatic N) is 4. The molecule has 0 unspecified atom stereocenters. The molecule has 31 heavy (non-hydrogen) atoms. The molecule has 0 saturated carbocycles. The lowest BCUT2D eigenvalue weighted by Crippen LogP contribution is -2.24. The number of fused-ring (bicyclic) bond motifs is 1. The number of thioether (sulfide) groups is 1. The van der Waals surface area contributed by atoms with Gasteiger partial charge in [0.1, 0.15) is 0 Å². The molecule has 0 aliphatic carbocycles. The Labute approximate surface area is 191 Å². The van der Waals surface area contributed by atoms with E-state index in [1.165, 1.54) is 23.1 Å². The molecular formula is C20H17ClN6O2S2. The number of thiazole rings is 1. The lowest BCUT2D eigenvalue weighted by atomic mass is 10.2. The van der Waals surface area contributed by atoms with Gasteiger partial charge in [0, 0.05) is 7.05 Å². The van der Waals surface area contributed by atoms with E-state index < -0.39 is 0 Å². The maximum absolute atomic E-state index is 12.3. The first kappa shape index (κ1) is 21.3. The molecule has 158 valence electrons. The highest BCUT2D eigenvalue weighted by atomic mass is 35.5. The van der Waals surface area contributed by atoms with Gasteiger partial charge in [0.2, 0.25) is 5.91 Å². The van der Waals surface area contributed by atoms with Gasteiger partial charge in [-0.2, -0.15) is 0 Å². The van der Waals surface area contributed by atoms with Crippen LogP contribution in [0.25, 0.3) is 10.2 Å². The zero-order valence-electron chi connectivity index (χ0n) is 16.3. The van der Waals surface area contributed by atoms with Crippen LogP contribution in [-0.4, -0.2) is 37.3 Å². The van der Waals surface area contributed by atoms with Crippen LogP contribution in [-0.2, 0) is 18.4 Å². The molecule has 11 heteroatoms. The van der Waals surface area contributed by atoms with Crippen molar-refractivity contribution in [2.45, 2.75) is 11.7 Å². The van der Waals surface area contributed by atoms with Gasteiger partial charge in [0.25, 0.3) is 5.91 Å². The van der Waals surface area contributed by atoms with Crippen molar-refractivity contribution in [3.8, 4) is 0 Å². The number of halogens is 1. The molecule has 8 nitrogen and oxygen atoms in total. The molecule has 2 aromatic heterocycles. The standard InChI is InChI=1S/C20H17ClN6O2S2/c1-27-16(10-22-18(29)12-6-2-3-7-13(12)21)25-26-20(27)30-11-17(28)24-19-23-14-8-4-5-9-15(14)31-19/h2-9H,10-11H2,1H3,(H,22,29)(H,23,24,28). The molecule has 0 aliphatic rings. The summed E-state index contributed by atoms with van der Waals surface area (Å²) in [5, 5.41) is 15.3. The van der Waals surface area contributed by atoms with Crippen molar-refractivity contribution >= 4 is 61.9 Å². The minimum absolute atomic E-state index is 0.161. The minimum atomic E-state index is -0.294. The van der Waals surface area contributed by atoms with Crippen molar-refractivity contribution in [2.24, 2.45) is 7.05 Å². The Morgan fingerprint density at radius 2 is 1.90 bits per heavy atom. The van der Waals surface area contributed by atoms with Crippen molar-refractivity contribution in [2.75, 3.05) is 11.1 Å². The molecule has 0 aliphatic heterocycles. The van der Waals surface area contributed by atoms with E-state index in [-0.39, 0.29) is 24.1 Å². The number of hydrogen-bond acceptors (Lipinski definition) is 7. The number of benzene rings is 2. The smallest absolute Gasteiger partial charge is 0.253 e. The molecule has 0 bridgehead atoms. The van der Waals surface area contributed by atoms with Gasteiger partial charge in [-0.15, -0.1) is 10.2 Å². The maximum Gasteiger partial charge on any atom is 0.253 e. The van der Waals surface area contributed by atoms with E-state index in [0.717, 1.165) is 10.2 Å². The number of carbonyl (C=O) groups excluding carboxylic acids is 2. The van der Waals surface area contributed by atoms with Crippen LogP contribution in [0.15, 0.2) is 53.7 Å². The fraction of sp³-hybridized carbons (Fsp3) is 0.150. The van der Waals surface area contributed by atoms with E-state index in [9.17, 15) is 9.59 Å². The van der Waals surface area contributed by atoms with Crippen LogP contribution in [0.1, 0.15) is 16.2 Å². The van der Waals surface area contributed by atoms with E-state index in [1.54, 1.807) is 35.9 Å². The molecule has 4 aromatic rings. The molecule has 2 N–H and O–H groups in total. The Balaban J connectivity index is 1.31. The molecule has 0 fully saturated rings. The van der Waals surface area contributed by atoms with Gasteiger partial charge in [-0.3, -0.25) is 9.59 Å². The first-order valence-electron chi connectivity index (χ1n) is 9.20. The summed E-state index contributed by atoms with van der Waals surface area (Å²) in [7, 11) is 1.78. The summed E-state index contributed by atoms with van der Waals surface area (Å²) in [6.45, 7) is 0.187. The van der Waals surface area contributed by atoms with E-state index in [4.69, 9.17) is 11.6 Å². The fourth-order valence-corrected chi connectivity index (χ4v) is 4.57. The summed E-state index contributed by atoms with van der Waals surface area (Å²) in [4.78, 5) is 29.0. The summed E-state index contributed by atoms with van der Waals surface area (Å²) in [5.74, 6) is 0.251. The second kappa shape index (κ2) is 9.46. The fourth-order valence-electron chi connectivity index (χ4n) is 2.74. The number of rotatable bonds is 7. The first-order chi connectivity index (χ1) is 15.0. The monoisotopic (exact) mass is 472 g/mol. The lowest BCUT2D eigenvalue weighted by molar-refractivity contribution is -0.113. The van der Waals surface area contributed by atoms with Crippen LogP contribution >= 0.6 is 34.7 Å². The van der Waals surface area contributed by atoms with E-state index >= 15 is 0 Å². The quantitative estimate of drug-likeness (QED) is 0.397. The molecule has 4 rings (SSSR count). The number of amides is 2. The Kier molecular flexibility index (Phi) is 6.50. The molecule has 2 heterocycles. The molecular weight excluding hydrogens is 456 g/mol. The topological polar surface area (TPSA) is 102 Å². The normalized spacial score (nSPS) is 10.9. The highest BCUT2D eigenvalue weighted by molar-refractivity contribution is 7.99. The lowest BCUT2D eigenvalue weighted by Gasteiger charge is -2.07. The van der Waals surface area contributed by atoms with Crippen LogP contribution in [0.4, 0.5) is 5.13 Å². The highest BCUT2D eigenvalue weighted by Gasteiger charge is 2.15. The molecule has 2 amide bonds. The van der Waals surface area contributed by atoms with Gasteiger partial charge in [-0.1, -0.05) is 59.0 Å². The zero-order valence-corrected chi connectivity index (χ0v) is 18.7. The number of para-hydroxylation sites is 1. The number of carbonyl (C=O) groups is 2. The first-order valence-corrected chi connectivity index (χ1v) is 11.4. The number of aromatic nitrogens is 4. The van der Waals surface area contributed by atoms with Gasteiger partial charge < -0.3 is 15.2 Å². The Bertz CT molecular complexity index is 1220. The summed E-state index contributed by atoms with van der Waals surface area (Å²) in [5.41, 5.74) is 1.25. The van der Waals surface area contributed by atoms with Gasteiger partial charge in [0.05, 0.1) is 33.1 Å². The Morgan fingerprint density at radius 3 is 2.71 bits per heavy atom. The van der Waals surface area contributed by atoms with Crippen molar-refractivity contribution in [1.29, 1.82) is 0 Å². The van der Waals surface area contributed by atoms with Crippen LogP contribution < -0.4 is 10.6 Å². The predicted molar refractivity (Wildman–Crippen MR) is 123 cm³/mol. The van der Waals surface area contributed by atoms with Crippen LogP contribution in [0.3, 0.4) is 0 Å². The average molecular weight is 473 g/mol. The molecule has 0 spiro atoms. The number of anilines is 1. The average Bonchev–Trinajstić information content (AvgIpc) is 3.33. The van der Waals surface area contributed by atoms with Gasteiger partial charge in [-0.25, -0.2) is 4.98 Å². The summed E-state index contributed by atoms with van der Waals surface area (Å²) < 4.78 is 2.75. The van der Waals surface area contributed by atoms with Crippen LogP contribution in [0.5, 0.6) is 0 Å². The molecule has 0 saturated heterocycles. The maximum atomic E-state index is 12.3. The summed E-state index contributed by atoms with van der Waals surface area (Å²) >= 11 is 8.73. The van der Waals surface area contributed by atoms with E-state index in [1.807, 2.05) is 24.3 Å². The van der Waals surface area contributed by atoms with Crippen LogP contribution in [0.2, 0.25) is 5.02 Å². The van der Waals surface area contributed by atoms with Gasteiger partial charge in [0.15, 0.2) is 16.1 Å². The summed E-state index contributed by atoms with van der Waals surface area (Å²) in [6.07, 6.45) is 0. The predicted octanol–water partition coefficient (Wildman–Crippen LogP) is 3.74. The van der Waals surface area contributed by atoms with E-state index in [0.29, 0.717) is 26.7 Å².